The summed E-state index contributed by atoms with van der Waals surface area (Å²) in [5.41, 5.74) is 1.82. The molecule has 0 aromatic heterocycles. The average molecular weight is 395 g/mol. The number of hydrogen-bond acceptors (Lipinski definition) is 4. The Morgan fingerprint density at radius 1 is 1.19 bits per heavy atom. The third-order valence-corrected chi connectivity index (χ3v) is 5.92. The van der Waals surface area contributed by atoms with E-state index in [9.17, 15) is 13.2 Å². The Kier molecular flexibility index (Phi) is 5.11. The number of benzene rings is 2. The molecule has 0 atom stereocenters. The van der Waals surface area contributed by atoms with E-state index in [1.807, 2.05) is 0 Å². The molecule has 1 fully saturated rings. The van der Waals surface area contributed by atoms with Crippen LogP contribution < -0.4 is 14.4 Å². The van der Waals surface area contributed by atoms with Gasteiger partial charge >= 0.3 is 0 Å². The van der Waals surface area contributed by atoms with E-state index in [0.29, 0.717) is 29.4 Å². The topological polar surface area (TPSA) is 75.7 Å². The normalized spacial score (nSPS) is 14.6. The molecular weight excluding hydrogens is 376 g/mol. The lowest BCUT2D eigenvalue weighted by atomic mass is 10.2. The standard InChI is InChI=1S/C18H19ClN2O4S/c1-12-10-14(6-7-16(12)21-9-3-4-18(21)22)26(23,24)20-13-5-8-17(25-2)15(19)11-13/h5-8,10-11,20H,3-4,9H2,1-2H3. The fraction of sp³-hybridized carbons (Fsp3) is 0.278. The number of nitrogens with zero attached hydrogens (tertiary/aromatic N) is 1. The molecule has 0 aliphatic carbocycles. The zero-order chi connectivity index (χ0) is 18.9. The minimum Gasteiger partial charge on any atom is -0.495 e. The van der Waals surface area contributed by atoms with Gasteiger partial charge in [-0.1, -0.05) is 11.6 Å². The van der Waals surface area contributed by atoms with Gasteiger partial charge in [0.1, 0.15) is 5.75 Å². The lowest BCUT2D eigenvalue weighted by Crippen LogP contribution is -2.24. The van der Waals surface area contributed by atoms with E-state index in [1.54, 1.807) is 36.1 Å². The van der Waals surface area contributed by atoms with Gasteiger partial charge in [-0.3, -0.25) is 9.52 Å². The van der Waals surface area contributed by atoms with Gasteiger partial charge in [-0.05, 0) is 55.3 Å². The minimum absolute atomic E-state index is 0.0645. The number of carbonyl (C=O) groups is 1. The molecule has 1 aliphatic heterocycles. The van der Waals surface area contributed by atoms with Crippen molar-refractivity contribution in [1.82, 2.24) is 0 Å². The molecule has 8 heteroatoms. The molecule has 0 radical (unpaired) electrons. The third kappa shape index (κ3) is 3.64. The first-order valence-corrected chi connectivity index (χ1v) is 9.95. The molecule has 3 rings (SSSR count). The van der Waals surface area contributed by atoms with E-state index >= 15 is 0 Å². The number of halogens is 1. The van der Waals surface area contributed by atoms with Crippen LogP contribution in [-0.2, 0) is 14.8 Å². The van der Waals surface area contributed by atoms with Crippen molar-refractivity contribution < 1.29 is 17.9 Å². The molecular formula is C18H19ClN2O4S. The van der Waals surface area contributed by atoms with Crippen molar-refractivity contribution in [2.45, 2.75) is 24.7 Å². The highest BCUT2D eigenvalue weighted by molar-refractivity contribution is 7.92. The Labute approximate surface area is 157 Å². The smallest absolute Gasteiger partial charge is 0.261 e. The van der Waals surface area contributed by atoms with Crippen LogP contribution in [0, 0.1) is 6.92 Å². The summed E-state index contributed by atoms with van der Waals surface area (Å²) < 4.78 is 32.9. The fourth-order valence-electron chi connectivity index (χ4n) is 2.94. The number of ether oxygens (including phenoxy) is 1. The van der Waals surface area contributed by atoms with Crippen molar-refractivity contribution in [3.8, 4) is 5.75 Å². The quantitative estimate of drug-likeness (QED) is 0.840. The monoisotopic (exact) mass is 394 g/mol. The number of anilines is 2. The summed E-state index contributed by atoms with van der Waals surface area (Å²) in [4.78, 5) is 13.7. The summed E-state index contributed by atoms with van der Waals surface area (Å²) >= 11 is 6.04. The Morgan fingerprint density at radius 3 is 2.54 bits per heavy atom. The number of hydrogen-bond donors (Lipinski definition) is 1. The van der Waals surface area contributed by atoms with Gasteiger partial charge in [-0.2, -0.15) is 0 Å². The number of nitrogens with one attached hydrogen (secondary N) is 1. The Balaban J connectivity index is 1.86. The molecule has 0 spiro atoms. The maximum atomic E-state index is 12.7. The second-order valence-electron chi connectivity index (χ2n) is 6.05. The second-order valence-corrected chi connectivity index (χ2v) is 8.14. The first-order chi connectivity index (χ1) is 12.3. The van der Waals surface area contributed by atoms with E-state index in [2.05, 4.69) is 4.72 Å². The van der Waals surface area contributed by atoms with Crippen molar-refractivity contribution in [3.05, 3.63) is 47.0 Å². The van der Waals surface area contributed by atoms with Crippen LogP contribution in [-0.4, -0.2) is 28.0 Å². The molecule has 0 saturated carbocycles. The molecule has 138 valence electrons. The molecule has 1 N–H and O–H groups in total. The van der Waals surface area contributed by atoms with E-state index in [-0.39, 0.29) is 10.8 Å². The van der Waals surface area contributed by atoms with E-state index in [1.165, 1.54) is 19.2 Å². The lowest BCUT2D eigenvalue weighted by Gasteiger charge is -2.19. The van der Waals surface area contributed by atoms with Crippen molar-refractivity contribution >= 4 is 38.9 Å². The van der Waals surface area contributed by atoms with Crippen LogP contribution in [0.3, 0.4) is 0 Å². The molecule has 1 amide bonds. The summed E-state index contributed by atoms with van der Waals surface area (Å²) in [5, 5.41) is 0.312. The average Bonchev–Trinajstić information content (AvgIpc) is 3.00. The summed E-state index contributed by atoms with van der Waals surface area (Å²) in [7, 11) is -2.29. The zero-order valence-corrected chi connectivity index (χ0v) is 16.0. The predicted molar refractivity (Wildman–Crippen MR) is 102 cm³/mol. The highest BCUT2D eigenvalue weighted by Gasteiger charge is 2.24. The van der Waals surface area contributed by atoms with Gasteiger partial charge in [0.2, 0.25) is 5.91 Å². The maximum absolute atomic E-state index is 12.7. The van der Waals surface area contributed by atoms with E-state index in [0.717, 1.165) is 17.7 Å². The zero-order valence-electron chi connectivity index (χ0n) is 14.5. The molecule has 1 aliphatic rings. The predicted octanol–water partition coefficient (Wildman–Crippen LogP) is 3.58. The van der Waals surface area contributed by atoms with Crippen LogP contribution in [0.15, 0.2) is 41.3 Å². The Morgan fingerprint density at radius 2 is 1.96 bits per heavy atom. The van der Waals surface area contributed by atoms with Crippen molar-refractivity contribution in [2.24, 2.45) is 0 Å². The summed E-state index contributed by atoms with van der Waals surface area (Å²) in [6.45, 7) is 2.46. The van der Waals surface area contributed by atoms with Crippen LogP contribution in [0.4, 0.5) is 11.4 Å². The van der Waals surface area contributed by atoms with Gasteiger partial charge in [0, 0.05) is 18.7 Å². The van der Waals surface area contributed by atoms with Gasteiger partial charge in [0.25, 0.3) is 10.0 Å². The van der Waals surface area contributed by atoms with Crippen LogP contribution in [0.5, 0.6) is 5.75 Å². The van der Waals surface area contributed by atoms with Crippen LogP contribution in [0.1, 0.15) is 18.4 Å². The van der Waals surface area contributed by atoms with Crippen LogP contribution in [0.25, 0.3) is 0 Å². The van der Waals surface area contributed by atoms with Gasteiger partial charge in [0.05, 0.1) is 22.7 Å². The minimum atomic E-state index is -3.78. The van der Waals surface area contributed by atoms with Crippen molar-refractivity contribution in [1.29, 1.82) is 0 Å². The highest BCUT2D eigenvalue weighted by atomic mass is 35.5. The van der Waals surface area contributed by atoms with E-state index in [4.69, 9.17) is 16.3 Å². The number of rotatable bonds is 5. The number of methoxy groups -OCH3 is 1. The SMILES string of the molecule is COc1ccc(NS(=O)(=O)c2ccc(N3CCCC3=O)c(C)c2)cc1Cl. The first kappa shape index (κ1) is 18.5. The van der Waals surface area contributed by atoms with Gasteiger partial charge in [-0.25, -0.2) is 8.42 Å². The lowest BCUT2D eigenvalue weighted by molar-refractivity contribution is -0.117. The number of sulfonamides is 1. The Hall–Kier alpha value is -2.25. The molecule has 2 aromatic carbocycles. The van der Waals surface area contributed by atoms with Crippen LogP contribution >= 0.6 is 11.6 Å². The molecule has 26 heavy (non-hydrogen) atoms. The third-order valence-electron chi connectivity index (χ3n) is 4.25. The maximum Gasteiger partial charge on any atom is 0.261 e. The second kappa shape index (κ2) is 7.17. The highest BCUT2D eigenvalue weighted by Crippen LogP contribution is 2.30. The number of amides is 1. The molecule has 0 unspecified atom stereocenters. The van der Waals surface area contributed by atoms with Gasteiger partial charge < -0.3 is 9.64 Å². The fourth-order valence-corrected chi connectivity index (χ4v) is 4.34. The molecule has 1 saturated heterocycles. The first-order valence-electron chi connectivity index (χ1n) is 8.09. The summed E-state index contributed by atoms with van der Waals surface area (Å²) in [5.74, 6) is 0.528. The largest absolute Gasteiger partial charge is 0.495 e. The number of aryl methyl sites for hydroxylation is 1. The Bertz CT molecular complexity index is 960. The molecule has 0 bridgehead atoms. The van der Waals surface area contributed by atoms with Crippen molar-refractivity contribution in [3.63, 3.8) is 0 Å². The van der Waals surface area contributed by atoms with Crippen LogP contribution in [0.2, 0.25) is 5.02 Å². The van der Waals surface area contributed by atoms with Crippen molar-refractivity contribution in [2.75, 3.05) is 23.3 Å². The molecule has 6 nitrogen and oxygen atoms in total. The molecule has 1 heterocycles. The summed E-state index contributed by atoms with van der Waals surface area (Å²) in [6, 6.07) is 9.39. The van der Waals surface area contributed by atoms with Gasteiger partial charge in [0.15, 0.2) is 0 Å². The van der Waals surface area contributed by atoms with E-state index < -0.39 is 10.0 Å². The van der Waals surface area contributed by atoms with Gasteiger partial charge in [-0.15, -0.1) is 0 Å². The molecule has 2 aromatic rings. The summed E-state index contributed by atoms with van der Waals surface area (Å²) in [6.07, 6.45) is 1.34. The number of carbonyl (C=O) groups excluding carboxylic acids is 1.